The number of nitrogens with zero attached hydrogens (tertiary/aromatic N) is 2. The molecule has 7 nitrogen and oxygen atoms in total. The van der Waals surface area contributed by atoms with Crippen LogP contribution in [0.5, 0.6) is 11.5 Å². The van der Waals surface area contributed by atoms with Crippen molar-refractivity contribution >= 4 is 11.5 Å². The normalized spacial score (nSPS) is 12.8. The van der Waals surface area contributed by atoms with Crippen LogP contribution in [-0.2, 0) is 0 Å². The minimum Gasteiger partial charge on any atom is -0.486 e. The molecule has 2 heterocycles. The molecule has 0 fully saturated rings. The van der Waals surface area contributed by atoms with E-state index in [-0.39, 0.29) is 5.69 Å². The third-order valence-corrected chi connectivity index (χ3v) is 3.12. The Morgan fingerprint density at radius 1 is 1.19 bits per heavy atom. The second-order valence-electron chi connectivity index (χ2n) is 4.46. The number of aromatic nitrogens is 1. The molecule has 1 N–H and O–H groups in total. The standard InChI is InChI=1S/C14H13N3O4/c1-15-14-8-10(17(18)19)7-11(16-14)9-2-3-12-13(6-9)21-5-4-20-12/h2-3,6-8H,4-5H2,1H3,(H,15,16). The van der Waals surface area contributed by atoms with Gasteiger partial charge in [-0.15, -0.1) is 0 Å². The summed E-state index contributed by atoms with van der Waals surface area (Å²) in [5, 5.41) is 13.8. The van der Waals surface area contributed by atoms with Crippen LogP contribution in [0.25, 0.3) is 11.3 Å². The Balaban J connectivity index is 2.07. The highest BCUT2D eigenvalue weighted by Gasteiger charge is 2.16. The maximum Gasteiger partial charge on any atom is 0.275 e. The van der Waals surface area contributed by atoms with E-state index in [2.05, 4.69) is 10.3 Å². The van der Waals surface area contributed by atoms with Crippen LogP contribution in [0.15, 0.2) is 30.3 Å². The molecule has 0 saturated carbocycles. The SMILES string of the molecule is CNc1cc([N+](=O)[O-])cc(-c2ccc3c(c2)OCCO3)n1. The predicted molar refractivity (Wildman–Crippen MR) is 76.9 cm³/mol. The Kier molecular flexibility index (Phi) is 3.31. The molecule has 1 aromatic heterocycles. The molecule has 0 aliphatic carbocycles. The van der Waals surface area contributed by atoms with E-state index < -0.39 is 4.92 Å². The first-order valence-corrected chi connectivity index (χ1v) is 6.41. The number of ether oxygens (including phenoxy) is 2. The van der Waals surface area contributed by atoms with Crippen LogP contribution in [0.3, 0.4) is 0 Å². The molecule has 0 amide bonds. The Hall–Kier alpha value is -2.83. The van der Waals surface area contributed by atoms with Gasteiger partial charge in [-0.25, -0.2) is 4.98 Å². The minimum atomic E-state index is -0.440. The maximum absolute atomic E-state index is 11.0. The van der Waals surface area contributed by atoms with Crippen molar-refractivity contribution in [3.63, 3.8) is 0 Å². The number of fused-ring (bicyclic) bond motifs is 1. The number of hydrogen-bond donors (Lipinski definition) is 1. The zero-order valence-electron chi connectivity index (χ0n) is 11.3. The quantitative estimate of drug-likeness (QED) is 0.689. The van der Waals surface area contributed by atoms with Crippen LogP contribution in [0.1, 0.15) is 0 Å². The molecule has 0 radical (unpaired) electrons. The van der Waals surface area contributed by atoms with E-state index in [1.165, 1.54) is 12.1 Å². The molecule has 108 valence electrons. The average Bonchev–Trinajstić information content (AvgIpc) is 2.53. The lowest BCUT2D eigenvalue weighted by Gasteiger charge is -2.18. The van der Waals surface area contributed by atoms with Crippen LogP contribution in [0, 0.1) is 10.1 Å². The summed E-state index contributed by atoms with van der Waals surface area (Å²) < 4.78 is 11.0. The minimum absolute atomic E-state index is 0.0146. The summed E-state index contributed by atoms with van der Waals surface area (Å²) in [6.07, 6.45) is 0. The number of benzene rings is 1. The number of hydrogen-bond acceptors (Lipinski definition) is 6. The van der Waals surface area contributed by atoms with E-state index in [9.17, 15) is 10.1 Å². The van der Waals surface area contributed by atoms with Crippen molar-refractivity contribution in [3.8, 4) is 22.8 Å². The summed E-state index contributed by atoms with van der Waals surface area (Å²) in [4.78, 5) is 14.9. The Bertz CT molecular complexity index is 703. The fourth-order valence-corrected chi connectivity index (χ4v) is 2.10. The van der Waals surface area contributed by atoms with Crippen LogP contribution in [-0.4, -0.2) is 30.2 Å². The topological polar surface area (TPSA) is 86.5 Å². The molecular formula is C14H13N3O4. The van der Waals surface area contributed by atoms with Crippen molar-refractivity contribution in [3.05, 3.63) is 40.4 Å². The molecule has 0 spiro atoms. The number of rotatable bonds is 3. The van der Waals surface area contributed by atoms with Gasteiger partial charge in [0.05, 0.1) is 16.7 Å². The summed E-state index contributed by atoms with van der Waals surface area (Å²) in [7, 11) is 1.67. The van der Waals surface area contributed by atoms with E-state index in [4.69, 9.17) is 9.47 Å². The molecule has 21 heavy (non-hydrogen) atoms. The molecule has 0 unspecified atom stereocenters. The average molecular weight is 287 g/mol. The predicted octanol–water partition coefficient (Wildman–Crippen LogP) is 2.47. The molecule has 0 bridgehead atoms. The Morgan fingerprint density at radius 3 is 2.67 bits per heavy atom. The molecule has 1 aromatic carbocycles. The number of nitrogens with one attached hydrogen (secondary N) is 1. The highest BCUT2D eigenvalue weighted by atomic mass is 16.6. The third-order valence-electron chi connectivity index (χ3n) is 3.12. The van der Waals surface area contributed by atoms with E-state index >= 15 is 0 Å². The Morgan fingerprint density at radius 2 is 1.95 bits per heavy atom. The third kappa shape index (κ3) is 2.58. The van der Waals surface area contributed by atoms with Crippen LogP contribution >= 0.6 is 0 Å². The van der Waals surface area contributed by atoms with Gasteiger partial charge in [0.15, 0.2) is 11.5 Å². The molecule has 1 aliphatic heterocycles. The van der Waals surface area contributed by atoms with E-state index in [1.807, 2.05) is 0 Å². The summed E-state index contributed by atoms with van der Waals surface area (Å²) >= 11 is 0. The number of nitro groups is 1. The summed E-state index contributed by atoms with van der Waals surface area (Å²) in [6, 6.07) is 8.19. The smallest absolute Gasteiger partial charge is 0.275 e. The van der Waals surface area contributed by atoms with Gasteiger partial charge in [-0.05, 0) is 18.2 Å². The molecule has 7 heteroatoms. The first-order valence-electron chi connectivity index (χ1n) is 6.41. The van der Waals surface area contributed by atoms with Gasteiger partial charge in [-0.2, -0.15) is 0 Å². The van der Waals surface area contributed by atoms with Gasteiger partial charge in [0.2, 0.25) is 0 Å². The van der Waals surface area contributed by atoms with Gasteiger partial charge in [0.1, 0.15) is 19.0 Å². The van der Waals surface area contributed by atoms with Crippen molar-refractivity contribution in [2.24, 2.45) is 0 Å². The zero-order chi connectivity index (χ0) is 14.8. The van der Waals surface area contributed by atoms with Crippen molar-refractivity contribution in [2.75, 3.05) is 25.6 Å². The van der Waals surface area contributed by atoms with Gasteiger partial charge in [-0.3, -0.25) is 10.1 Å². The molecule has 0 saturated heterocycles. The summed E-state index contributed by atoms with van der Waals surface area (Å²) in [6.45, 7) is 1.01. The first kappa shape index (κ1) is 13.2. The highest BCUT2D eigenvalue weighted by Crippen LogP contribution is 2.35. The zero-order valence-corrected chi connectivity index (χ0v) is 11.3. The fraction of sp³-hybridized carbons (Fsp3) is 0.214. The second kappa shape index (κ2) is 5.28. The second-order valence-corrected chi connectivity index (χ2v) is 4.46. The van der Waals surface area contributed by atoms with E-state index in [0.717, 1.165) is 5.56 Å². The lowest BCUT2D eigenvalue weighted by molar-refractivity contribution is -0.384. The monoisotopic (exact) mass is 287 g/mol. The van der Waals surface area contributed by atoms with Crippen LogP contribution in [0.2, 0.25) is 0 Å². The molecule has 0 atom stereocenters. The lowest BCUT2D eigenvalue weighted by atomic mass is 10.1. The molecule has 2 aromatic rings. The van der Waals surface area contributed by atoms with Crippen LogP contribution < -0.4 is 14.8 Å². The summed E-state index contributed by atoms with van der Waals surface area (Å²) in [5.74, 6) is 1.73. The number of pyridine rings is 1. The first-order chi connectivity index (χ1) is 10.2. The van der Waals surface area contributed by atoms with Gasteiger partial charge < -0.3 is 14.8 Å². The maximum atomic E-state index is 11.0. The largest absolute Gasteiger partial charge is 0.486 e. The Labute approximate surface area is 120 Å². The van der Waals surface area contributed by atoms with Gasteiger partial charge in [-0.1, -0.05) is 0 Å². The van der Waals surface area contributed by atoms with Crippen molar-refractivity contribution < 1.29 is 14.4 Å². The van der Waals surface area contributed by atoms with Crippen molar-refractivity contribution in [1.82, 2.24) is 4.98 Å². The van der Waals surface area contributed by atoms with Gasteiger partial charge in [0.25, 0.3) is 5.69 Å². The lowest BCUT2D eigenvalue weighted by Crippen LogP contribution is -2.15. The molecule has 1 aliphatic rings. The van der Waals surface area contributed by atoms with Crippen molar-refractivity contribution in [1.29, 1.82) is 0 Å². The molecular weight excluding hydrogens is 274 g/mol. The number of anilines is 1. The summed E-state index contributed by atoms with van der Waals surface area (Å²) in [5.41, 5.74) is 1.23. The van der Waals surface area contributed by atoms with Gasteiger partial charge >= 0.3 is 0 Å². The molecule has 3 rings (SSSR count). The highest BCUT2D eigenvalue weighted by molar-refractivity contribution is 5.68. The van der Waals surface area contributed by atoms with Crippen molar-refractivity contribution in [2.45, 2.75) is 0 Å². The van der Waals surface area contributed by atoms with Crippen LogP contribution in [0.4, 0.5) is 11.5 Å². The van der Waals surface area contributed by atoms with E-state index in [0.29, 0.717) is 36.2 Å². The fourth-order valence-electron chi connectivity index (χ4n) is 2.10. The van der Waals surface area contributed by atoms with E-state index in [1.54, 1.807) is 25.2 Å². The van der Waals surface area contributed by atoms with Gasteiger partial charge in [0, 0.05) is 18.7 Å².